The van der Waals surface area contributed by atoms with Crippen molar-refractivity contribution in [1.29, 1.82) is 0 Å². The van der Waals surface area contributed by atoms with Crippen LogP contribution in [0.25, 0.3) is 22.2 Å². The number of carbonyl (C=O) groups is 1. The topological polar surface area (TPSA) is 96.6 Å². The molecular weight excluding hydrogens is 448 g/mol. The molecule has 4 rings (SSSR count). The molecule has 182 valence electrons. The van der Waals surface area contributed by atoms with E-state index in [-0.39, 0.29) is 18.0 Å². The van der Waals surface area contributed by atoms with E-state index in [2.05, 4.69) is 10.3 Å². The number of hydrogen-bond donors (Lipinski definition) is 1. The van der Waals surface area contributed by atoms with E-state index in [1.165, 1.54) is 0 Å². The van der Waals surface area contributed by atoms with Crippen molar-refractivity contribution in [2.24, 2.45) is 0 Å². The quantitative estimate of drug-likeness (QED) is 0.352. The molecule has 1 amide bonds. The van der Waals surface area contributed by atoms with Crippen molar-refractivity contribution in [1.82, 2.24) is 14.1 Å². The van der Waals surface area contributed by atoms with Gasteiger partial charge in [0.1, 0.15) is 29.1 Å². The molecule has 0 aliphatic carbocycles. The molecule has 0 atom stereocenters. The molecular formula is C26H28N4O5. The van der Waals surface area contributed by atoms with E-state index in [0.717, 1.165) is 11.1 Å². The second-order valence-electron chi connectivity index (χ2n) is 7.97. The lowest BCUT2D eigenvalue weighted by Crippen LogP contribution is -2.25. The monoisotopic (exact) mass is 476 g/mol. The van der Waals surface area contributed by atoms with E-state index in [4.69, 9.17) is 14.2 Å². The van der Waals surface area contributed by atoms with Gasteiger partial charge in [-0.1, -0.05) is 30.3 Å². The Kier molecular flexibility index (Phi) is 7.47. The highest BCUT2D eigenvalue weighted by atomic mass is 16.5. The smallest absolute Gasteiger partial charge is 0.277 e. The van der Waals surface area contributed by atoms with Crippen molar-refractivity contribution < 1.29 is 19.0 Å². The van der Waals surface area contributed by atoms with Gasteiger partial charge < -0.3 is 24.1 Å². The molecule has 0 bridgehead atoms. The lowest BCUT2D eigenvalue weighted by Gasteiger charge is -2.11. The number of nitrogens with zero attached hydrogens (tertiary/aromatic N) is 3. The van der Waals surface area contributed by atoms with E-state index < -0.39 is 0 Å². The summed E-state index contributed by atoms with van der Waals surface area (Å²) in [5.74, 6) is 0.812. The minimum atomic E-state index is -0.300. The van der Waals surface area contributed by atoms with Crippen molar-refractivity contribution in [2.75, 3.05) is 33.3 Å². The van der Waals surface area contributed by atoms with Crippen LogP contribution in [0.5, 0.6) is 11.5 Å². The van der Waals surface area contributed by atoms with Crippen molar-refractivity contribution in [3.05, 3.63) is 71.4 Å². The number of ether oxygens (including phenoxy) is 3. The van der Waals surface area contributed by atoms with Gasteiger partial charge in [-0.25, -0.2) is 4.98 Å². The van der Waals surface area contributed by atoms with Crippen molar-refractivity contribution >= 4 is 22.6 Å². The molecule has 2 aromatic carbocycles. The first kappa shape index (κ1) is 24.0. The molecule has 0 aliphatic heterocycles. The highest BCUT2D eigenvalue weighted by molar-refractivity contribution is 5.95. The Balaban J connectivity index is 1.71. The molecule has 2 aromatic heterocycles. The van der Waals surface area contributed by atoms with E-state index in [9.17, 15) is 9.59 Å². The van der Waals surface area contributed by atoms with E-state index >= 15 is 0 Å². The number of aryl methyl sites for hydroxylation is 1. The van der Waals surface area contributed by atoms with Crippen molar-refractivity contribution in [3.63, 3.8) is 0 Å². The molecule has 0 radical (unpaired) electrons. The van der Waals surface area contributed by atoms with Gasteiger partial charge in [-0.15, -0.1) is 0 Å². The molecule has 0 unspecified atom stereocenters. The summed E-state index contributed by atoms with van der Waals surface area (Å²) in [6, 6.07) is 14.8. The molecule has 0 saturated heterocycles. The lowest BCUT2D eigenvalue weighted by atomic mass is 10.1. The largest absolute Gasteiger partial charge is 0.497 e. The third kappa shape index (κ3) is 5.36. The summed E-state index contributed by atoms with van der Waals surface area (Å²) < 4.78 is 18.9. The van der Waals surface area contributed by atoms with Crippen LogP contribution in [0.2, 0.25) is 0 Å². The first-order chi connectivity index (χ1) is 17.0. The maximum atomic E-state index is 13.4. The number of aromatic nitrogens is 3. The van der Waals surface area contributed by atoms with Crippen molar-refractivity contribution in [2.45, 2.75) is 19.5 Å². The number of rotatable bonds is 10. The summed E-state index contributed by atoms with van der Waals surface area (Å²) in [4.78, 5) is 31.0. The zero-order valence-electron chi connectivity index (χ0n) is 20.0. The van der Waals surface area contributed by atoms with Crippen LogP contribution in [-0.4, -0.2) is 48.0 Å². The molecule has 0 aliphatic rings. The molecule has 2 heterocycles. The first-order valence-corrected chi connectivity index (χ1v) is 11.2. The fourth-order valence-corrected chi connectivity index (χ4v) is 3.94. The van der Waals surface area contributed by atoms with Gasteiger partial charge in [-0.3, -0.25) is 14.2 Å². The van der Waals surface area contributed by atoms with Gasteiger partial charge >= 0.3 is 0 Å². The van der Waals surface area contributed by atoms with Gasteiger partial charge in [-0.05, 0) is 12.0 Å². The van der Waals surface area contributed by atoms with Crippen LogP contribution in [0, 0.1) is 0 Å². The number of anilines is 1. The normalized spacial score (nSPS) is 10.9. The Morgan fingerprint density at radius 3 is 2.37 bits per heavy atom. The third-order valence-electron chi connectivity index (χ3n) is 5.62. The van der Waals surface area contributed by atoms with Crippen molar-refractivity contribution in [3.8, 4) is 22.6 Å². The summed E-state index contributed by atoms with van der Waals surface area (Å²) in [7, 11) is 4.71. The molecule has 1 N–H and O–H groups in total. The second kappa shape index (κ2) is 10.9. The number of nitrogens with one attached hydrogen (secondary N) is 1. The molecule has 35 heavy (non-hydrogen) atoms. The third-order valence-corrected chi connectivity index (χ3v) is 5.62. The fourth-order valence-electron chi connectivity index (χ4n) is 3.94. The average molecular weight is 477 g/mol. The Morgan fingerprint density at radius 2 is 1.71 bits per heavy atom. The van der Waals surface area contributed by atoms with E-state index in [1.54, 1.807) is 61.2 Å². The van der Waals surface area contributed by atoms with Crippen LogP contribution < -0.4 is 20.3 Å². The molecule has 9 nitrogen and oxygen atoms in total. The van der Waals surface area contributed by atoms with Gasteiger partial charge in [0.15, 0.2) is 0 Å². The Bertz CT molecular complexity index is 1360. The van der Waals surface area contributed by atoms with Gasteiger partial charge in [0, 0.05) is 55.9 Å². The molecule has 0 fully saturated rings. The number of methoxy groups -OCH3 is 3. The highest BCUT2D eigenvalue weighted by Crippen LogP contribution is 2.28. The maximum absolute atomic E-state index is 13.4. The minimum absolute atomic E-state index is 0.0676. The molecule has 9 heteroatoms. The fraction of sp³-hybridized carbons (Fsp3) is 0.269. The molecule has 0 spiro atoms. The lowest BCUT2D eigenvalue weighted by molar-refractivity contribution is -0.116. The van der Waals surface area contributed by atoms with Crippen LogP contribution in [0.3, 0.4) is 0 Å². The summed E-state index contributed by atoms with van der Waals surface area (Å²) >= 11 is 0. The Morgan fingerprint density at radius 1 is 1.00 bits per heavy atom. The van der Waals surface area contributed by atoms with Gasteiger partial charge in [-0.2, -0.15) is 0 Å². The van der Waals surface area contributed by atoms with Gasteiger partial charge in [0.05, 0.1) is 20.5 Å². The van der Waals surface area contributed by atoms with Crippen LogP contribution in [0.4, 0.5) is 5.69 Å². The Labute approximate surface area is 202 Å². The SMILES string of the molecule is COCCCn1cnc2c(-c3ccccc3)cn(CC(=O)Nc3cc(OC)cc(OC)c3)c2c1=O. The zero-order chi connectivity index (χ0) is 24.8. The summed E-state index contributed by atoms with van der Waals surface area (Å²) in [6.07, 6.45) is 4.04. The highest BCUT2D eigenvalue weighted by Gasteiger charge is 2.18. The number of amides is 1. The minimum Gasteiger partial charge on any atom is -0.497 e. The molecule has 0 saturated carbocycles. The first-order valence-electron chi connectivity index (χ1n) is 11.2. The van der Waals surface area contributed by atoms with Gasteiger partial charge in [0.2, 0.25) is 5.91 Å². The zero-order valence-corrected chi connectivity index (χ0v) is 20.0. The number of fused-ring (bicyclic) bond motifs is 1. The van der Waals surface area contributed by atoms with Crippen LogP contribution >= 0.6 is 0 Å². The summed E-state index contributed by atoms with van der Waals surface area (Å²) in [6.45, 7) is 0.937. The number of hydrogen-bond acceptors (Lipinski definition) is 6. The maximum Gasteiger partial charge on any atom is 0.277 e. The standard InChI is InChI=1S/C26H28N4O5/c1-33-11-7-10-29-17-27-24-22(18-8-5-4-6-9-18)15-30(25(24)26(29)32)16-23(31)28-19-12-20(34-2)14-21(13-19)35-3/h4-6,8-9,12-15,17H,7,10-11,16H2,1-3H3,(H,28,31). The Hall–Kier alpha value is -4.11. The number of carbonyl (C=O) groups excluding carboxylic acids is 1. The van der Waals surface area contributed by atoms with Crippen LogP contribution in [0.15, 0.2) is 65.8 Å². The second-order valence-corrected chi connectivity index (χ2v) is 7.97. The average Bonchev–Trinajstić information content (AvgIpc) is 3.24. The summed E-state index contributed by atoms with van der Waals surface area (Å²) in [5.41, 5.74) is 2.96. The number of benzene rings is 2. The predicted octanol–water partition coefficient (Wildman–Crippen LogP) is 3.56. The summed E-state index contributed by atoms with van der Waals surface area (Å²) in [5, 5.41) is 2.86. The van der Waals surface area contributed by atoms with Crippen LogP contribution in [0.1, 0.15) is 6.42 Å². The van der Waals surface area contributed by atoms with E-state index in [0.29, 0.717) is 47.8 Å². The predicted molar refractivity (Wildman–Crippen MR) is 134 cm³/mol. The van der Waals surface area contributed by atoms with Crippen LogP contribution in [-0.2, 0) is 22.6 Å². The van der Waals surface area contributed by atoms with E-state index in [1.807, 2.05) is 30.3 Å². The van der Waals surface area contributed by atoms with Gasteiger partial charge in [0.25, 0.3) is 5.56 Å². The molecule has 4 aromatic rings.